The minimum atomic E-state index is -0.517. The highest BCUT2D eigenvalue weighted by molar-refractivity contribution is 6.06. The standard InChI is InChI=1S/C22H24N2O5/c1-27-19-7-5-18(6-8-19)23-20(25)16-3-2-4-17(15-16)21(26)24-11-9-22(10-12-24)28-13-14-29-22/h2-8,15H,9-14H2,1H3,(H,23,25). The smallest absolute Gasteiger partial charge is 0.255 e. The molecule has 0 aromatic heterocycles. The van der Waals surface area contributed by atoms with Crippen molar-refractivity contribution >= 4 is 17.5 Å². The third-order valence-corrected chi connectivity index (χ3v) is 5.35. The summed E-state index contributed by atoms with van der Waals surface area (Å²) in [7, 11) is 1.59. The molecule has 2 fully saturated rings. The van der Waals surface area contributed by atoms with Crippen LogP contribution in [0.15, 0.2) is 48.5 Å². The van der Waals surface area contributed by atoms with Crippen LogP contribution in [0.25, 0.3) is 0 Å². The van der Waals surface area contributed by atoms with Crippen LogP contribution in [0.4, 0.5) is 5.69 Å². The lowest BCUT2D eigenvalue weighted by atomic mass is 10.0. The maximum absolute atomic E-state index is 12.9. The zero-order valence-corrected chi connectivity index (χ0v) is 16.3. The summed E-state index contributed by atoms with van der Waals surface area (Å²) >= 11 is 0. The van der Waals surface area contributed by atoms with Crippen molar-refractivity contribution < 1.29 is 23.8 Å². The Morgan fingerprint density at radius 1 is 1.00 bits per heavy atom. The minimum absolute atomic E-state index is 0.0862. The Hall–Kier alpha value is -2.90. The van der Waals surface area contributed by atoms with E-state index in [4.69, 9.17) is 14.2 Å². The molecule has 29 heavy (non-hydrogen) atoms. The van der Waals surface area contributed by atoms with Crippen LogP contribution in [0.5, 0.6) is 5.75 Å². The molecule has 7 nitrogen and oxygen atoms in total. The molecule has 4 rings (SSSR count). The molecule has 0 bridgehead atoms. The number of nitrogens with one attached hydrogen (secondary N) is 1. The van der Waals surface area contributed by atoms with E-state index in [1.54, 1.807) is 60.5 Å². The highest BCUT2D eigenvalue weighted by Gasteiger charge is 2.40. The van der Waals surface area contributed by atoms with Crippen LogP contribution in [0.2, 0.25) is 0 Å². The summed E-state index contributed by atoms with van der Waals surface area (Å²) in [6.07, 6.45) is 1.33. The fourth-order valence-electron chi connectivity index (χ4n) is 3.69. The number of amides is 2. The molecule has 2 amide bonds. The Bertz CT molecular complexity index is 880. The van der Waals surface area contributed by atoms with Gasteiger partial charge in [0.1, 0.15) is 5.75 Å². The summed E-state index contributed by atoms with van der Waals surface area (Å²) in [4.78, 5) is 27.3. The van der Waals surface area contributed by atoms with E-state index < -0.39 is 5.79 Å². The van der Waals surface area contributed by atoms with Crippen molar-refractivity contribution in [1.29, 1.82) is 0 Å². The lowest BCUT2D eigenvalue weighted by molar-refractivity contribution is -0.181. The number of anilines is 1. The fourth-order valence-corrected chi connectivity index (χ4v) is 3.69. The maximum atomic E-state index is 12.9. The largest absolute Gasteiger partial charge is 0.497 e. The number of nitrogens with zero attached hydrogens (tertiary/aromatic N) is 1. The fraction of sp³-hybridized carbons (Fsp3) is 0.364. The van der Waals surface area contributed by atoms with Crippen molar-refractivity contribution in [2.45, 2.75) is 18.6 Å². The van der Waals surface area contributed by atoms with Gasteiger partial charge in [-0.05, 0) is 42.5 Å². The molecular formula is C22H24N2O5. The van der Waals surface area contributed by atoms with Crippen LogP contribution in [0.1, 0.15) is 33.6 Å². The first kappa shape index (κ1) is 19.4. The van der Waals surface area contributed by atoms with Gasteiger partial charge in [0.05, 0.1) is 20.3 Å². The van der Waals surface area contributed by atoms with Crippen molar-refractivity contribution in [3.8, 4) is 5.75 Å². The number of likely N-dealkylation sites (tertiary alicyclic amines) is 1. The van der Waals surface area contributed by atoms with E-state index in [0.29, 0.717) is 61.7 Å². The summed E-state index contributed by atoms with van der Waals surface area (Å²) in [6.45, 7) is 2.36. The van der Waals surface area contributed by atoms with E-state index in [9.17, 15) is 9.59 Å². The van der Waals surface area contributed by atoms with E-state index >= 15 is 0 Å². The predicted octanol–water partition coefficient (Wildman–Crippen LogP) is 2.93. The Labute approximate surface area is 169 Å². The molecule has 1 spiro atoms. The van der Waals surface area contributed by atoms with Gasteiger partial charge >= 0.3 is 0 Å². The van der Waals surface area contributed by atoms with Crippen LogP contribution in [0, 0.1) is 0 Å². The third-order valence-electron chi connectivity index (χ3n) is 5.35. The molecule has 2 aromatic rings. The summed E-state index contributed by atoms with van der Waals surface area (Å²) in [5.74, 6) is -0.156. The molecule has 152 valence electrons. The molecule has 2 aliphatic heterocycles. The SMILES string of the molecule is COc1ccc(NC(=O)c2cccc(C(=O)N3CCC4(CC3)OCCO4)c2)cc1. The van der Waals surface area contributed by atoms with Crippen LogP contribution in [-0.4, -0.2) is 55.9 Å². The highest BCUT2D eigenvalue weighted by Crippen LogP contribution is 2.31. The van der Waals surface area contributed by atoms with Crippen molar-refractivity contribution in [3.05, 3.63) is 59.7 Å². The van der Waals surface area contributed by atoms with Gasteiger partial charge in [-0.15, -0.1) is 0 Å². The summed E-state index contributed by atoms with van der Waals surface area (Å²) < 4.78 is 16.6. The quantitative estimate of drug-likeness (QED) is 0.860. The number of carbonyl (C=O) groups is 2. The van der Waals surface area contributed by atoms with Gasteiger partial charge in [-0.2, -0.15) is 0 Å². The normalized spacial score (nSPS) is 17.9. The first-order chi connectivity index (χ1) is 14.1. The van der Waals surface area contributed by atoms with Gasteiger partial charge in [0, 0.05) is 42.7 Å². The molecule has 0 radical (unpaired) electrons. The molecule has 2 heterocycles. The number of ether oxygens (including phenoxy) is 3. The monoisotopic (exact) mass is 396 g/mol. The van der Waals surface area contributed by atoms with Crippen LogP contribution in [0.3, 0.4) is 0 Å². The minimum Gasteiger partial charge on any atom is -0.497 e. The van der Waals surface area contributed by atoms with E-state index in [-0.39, 0.29) is 11.8 Å². The second-order valence-electron chi connectivity index (χ2n) is 7.16. The molecule has 2 aromatic carbocycles. The molecule has 0 saturated carbocycles. The number of methoxy groups -OCH3 is 1. The van der Waals surface area contributed by atoms with E-state index in [1.807, 2.05) is 0 Å². The topological polar surface area (TPSA) is 77.1 Å². The molecule has 2 aliphatic rings. The average Bonchev–Trinajstić information content (AvgIpc) is 3.22. The van der Waals surface area contributed by atoms with Gasteiger partial charge in [-0.1, -0.05) is 6.07 Å². The number of rotatable bonds is 4. The van der Waals surface area contributed by atoms with Crippen LogP contribution in [-0.2, 0) is 9.47 Å². The zero-order valence-electron chi connectivity index (χ0n) is 16.3. The Balaban J connectivity index is 1.41. The summed E-state index contributed by atoms with van der Waals surface area (Å²) in [5, 5.41) is 2.84. The van der Waals surface area contributed by atoms with Crippen molar-refractivity contribution in [1.82, 2.24) is 4.90 Å². The first-order valence-corrected chi connectivity index (χ1v) is 9.71. The third kappa shape index (κ3) is 4.26. The Kier molecular flexibility index (Phi) is 5.51. The van der Waals surface area contributed by atoms with Crippen molar-refractivity contribution in [3.63, 3.8) is 0 Å². The molecule has 1 N–H and O–H groups in total. The Morgan fingerprint density at radius 2 is 1.66 bits per heavy atom. The van der Waals surface area contributed by atoms with E-state index in [2.05, 4.69) is 5.32 Å². The van der Waals surface area contributed by atoms with E-state index in [0.717, 1.165) is 0 Å². The van der Waals surface area contributed by atoms with Crippen LogP contribution < -0.4 is 10.1 Å². The molecular weight excluding hydrogens is 372 g/mol. The van der Waals surface area contributed by atoms with Crippen molar-refractivity contribution in [2.24, 2.45) is 0 Å². The van der Waals surface area contributed by atoms with Crippen LogP contribution >= 0.6 is 0 Å². The predicted molar refractivity (Wildman–Crippen MR) is 107 cm³/mol. The maximum Gasteiger partial charge on any atom is 0.255 e. The number of carbonyl (C=O) groups excluding carboxylic acids is 2. The summed E-state index contributed by atoms with van der Waals surface area (Å²) in [6, 6.07) is 13.9. The molecule has 0 aliphatic carbocycles. The molecule has 0 unspecified atom stereocenters. The van der Waals surface area contributed by atoms with Gasteiger partial charge in [0.25, 0.3) is 11.8 Å². The number of hydrogen-bond acceptors (Lipinski definition) is 5. The highest BCUT2D eigenvalue weighted by atomic mass is 16.7. The van der Waals surface area contributed by atoms with Gasteiger partial charge in [-0.3, -0.25) is 9.59 Å². The second kappa shape index (κ2) is 8.23. The van der Waals surface area contributed by atoms with E-state index in [1.165, 1.54) is 0 Å². The molecule has 7 heteroatoms. The Morgan fingerprint density at radius 3 is 2.31 bits per heavy atom. The van der Waals surface area contributed by atoms with Gasteiger partial charge in [-0.25, -0.2) is 0 Å². The number of benzene rings is 2. The van der Waals surface area contributed by atoms with Gasteiger partial charge < -0.3 is 24.4 Å². The zero-order chi connectivity index (χ0) is 20.3. The molecule has 2 saturated heterocycles. The lowest BCUT2D eigenvalue weighted by Gasteiger charge is -2.37. The number of piperidine rings is 1. The number of hydrogen-bond donors (Lipinski definition) is 1. The van der Waals surface area contributed by atoms with Gasteiger partial charge in [0.2, 0.25) is 0 Å². The lowest BCUT2D eigenvalue weighted by Crippen LogP contribution is -2.47. The second-order valence-corrected chi connectivity index (χ2v) is 7.16. The van der Waals surface area contributed by atoms with Crippen molar-refractivity contribution in [2.75, 3.05) is 38.7 Å². The molecule has 0 atom stereocenters. The van der Waals surface area contributed by atoms with Gasteiger partial charge in [0.15, 0.2) is 5.79 Å². The first-order valence-electron chi connectivity index (χ1n) is 9.71. The average molecular weight is 396 g/mol. The summed E-state index contributed by atoms with van der Waals surface area (Å²) in [5.41, 5.74) is 1.59.